The van der Waals surface area contributed by atoms with E-state index in [2.05, 4.69) is 27.9 Å². The van der Waals surface area contributed by atoms with Crippen LogP contribution in [-0.2, 0) is 4.74 Å². The number of nitrogen functional groups attached to an aromatic ring is 1. The summed E-state index contributed by atoms with van der Waals surface area (Å²) in [7, 11) is 4.65. The second kappa shape index (κ2) is 9.82. The van der Waals surface area contributed by atoms with Gasteiger partial charge in [0.2, 0.25) is 0 Å². The number of hydrogen-bond acceptors (Lipinski definition) is 7. The average molecular weight is 381 g/mol. The monoisotopic (exact) mass is 381 g/mol. The van der Waals surface area contributed by atoms with Gasteiger partial charge in [0.1, 0.15) is 17.0 Å². The number of pyridine rings is 2. The first-order chi connectivity index (χ1) is 13.5. The molecule has 0 fully saturated rings. The molecule has 0 amide bonds. The third-order valence-electron chi connectivity index (χ3n) is 3.62. The van der Waals surface area contributed by atoms with Gasteiger partial charge in [0.25, 0.3) is 5.88 Å². The molecule has 7 nitrogen and oxygen atoms in total. The van der Waals surface area contributed by atoms with E-state index in [1.165, 1.54) is 7.11 Å². The minimum atomic E-state index is 0.380. The summed E-state index contributed by atoms with van der Waals surface area (Å²) in [6, 6.07) is 10.6. The van der Waals surface area contributed by atoms with Crippen LogP contribution in [0.5, 0.6) is 23.1 Å². The van der Waals surface area contributed by atoms with E-state index in [4.69, 9.17) is 19.9 Å². The quantitative estimate of drug-likeness (QED) is 0.386. The van der Waals surface area contributed by atoms with E-state index in [1.807, 2.05) is 0 Å². The number of rotatable bonds is 6. The summed E-state index contributed by atoms with van der Waals surface area (Å²) in [4.78, 5) is 8.70. The van der Waals surface area contributed by atoms with Crippen LogP contribution in [0.15, 0.2) is 67.6 Å². The summed E-state index contributed by atoms with van der Waals surface area (Å²) in [6.07, 6.45) is 3.21. The predicted octanol–water partition coefficient (Wildman–Crippen LogP) is 4.35. The molecule has 0 saturated carbocycles. The molecule has 0 aliphatic carbocycles. The molecule has 28 heavy (non-hydrogen) atoms. The van der Waals surface area contributed by atoms with Crippen LogP contribution in [0.1, 0.15) is 0 Å². The normalized spacial score (nSPS) is 9.68. The highest BCUT2D eigenvalue weighted by Crippen LogP contribution is 2.33. The molecule has 0 spiro atoms. The number of nitrogens with two attached hydrogens (primary N) is 1. The van der Waals surface area contributed by atoms with Crippen molar-refractivity contribution >= 4 is 16.7 Å². The van der Waals surface area contributed by atoms with Crippen molar-refractivity contribution in [3.63, 3.8) is 0 Å². The van der Waals surface area contributed by atoms with Gasteiger partial charge in [0.15, 0.2) is 11.5 Å². The Balaban J connectivity index is 0.000000409. The smallest absolute Gasteiger partial charge is 0.257 e. The summed E-state index contributed by atoms with van der Waals surface area (Å²) in [6.45, 7) is 6.86. The molecule has 7 heteroatoms. The molecule has 2 aromatic heterocycles. The van der Waals surface area contributed by atoms with Crippen molar-refractivity contribution in [2.45, 2.75) is 0 Å². The van der Waals surface area contributed by atoms with Crippen LogP contribution in [0.4, 0.5) is 5.69 Å². The molecule has 0 aliphatic rings. The SMILES string of the molecule is C=CC(=C)OC.COc1cc2nccc(Oc3ccc(N)cc3)c2nc1OC. The lowest BCUT2D eigenvalue weighted by molar-refractivity contribution is 0.309. The molecular weight excluding hydrogens is 358 g/mol. The van der Waals surface area contributed by atoms with Crippen LogP contribution in [-0.4, -0.2) is 31.3 Å². The number of aromatic nitrogens is 2. The number of hydrogen-bond donors (Lipinski definition) is 1. The molecule has 1 aromatic carbocycles. The maximum absolute atomic E-state index is 5.87. The lowest BCUT2D eigenvalue weighted by atomic mass is 10.2. The second-order valence-electron chi connectivity index (χ2n) is 5.42. The summed E-state index contributed by atoms with van der Waals surface area (Å²) in [5.41, 5.74) is 7.60. The molecule has 2 N–H and O–H groups in total. The third kappa shape index (κ3) is 5.14. The summed E-state index contributed by atoms with van der Waals surface area (Å²) >= 11 is 0. The van der Waals surface area contributed by atoms with Crippen molar-refractivity contribution in [3.05, 3.63) is 67.6 Å². The molecular formula is C21H23N3O4. The van der Waals surface area contributed by atoms with E-state index in [9.17, 15) is 0 Å². The lowest BCUT2D eigenvalue weighted by Gasteiger charge is -2.11. The Morgan fingerprint density at radius 1 is 1.04 bits per heavy atom. The van der Waals surface area contributed by atoms with Gasteiger partial charge in [-0.1, -0.05) is 13.2 Å². The topological polar surface area (TPSA) is 88.7 Å². The fourth-order valence-electron chi connectivity index (χ4n) is 2.13. The zero-order valence-corrected chi connectivity index (χ0v) is 16.1. The van der Waals surface area contributed by atoms with E-state index in [0.29, 0.717) is 45.6 Å². The van der Waals surface area contributed by atoms with Gasteiger partial charge in [-0.2, -0.15) is 0 Å². The summed E-state index contributed by atoms with van der Waals surface area (Å²) in [5.74, 6) is 2.75. The van der Waals surface area contributed by atoms with E-state index in [1.54, 1.807) is 62.9 Å². The Morgan fingerprint density at radius 2 is 1.75 bits per heavy atom. The summed E-state index contributed by atoms with van der Waals surface area (Å²) < 4.78 is 20.9. The molecule has 3 aromatic rings. The van der Waals surface area contributed by atoms with Crippen molar-refractivity contribution in [1.82, 2.24) is 9.97 Å². The standard InChI is InChI=1S/C16H15N3O3.C5H8O/c1-20-14-9-12-15(19-16(14)21-2)13(7-8-18-12)22-11-5-3-10(17)4-6-11;1-4-5(2)6-3/h3-9H,17H2,1-2H3;4H,1-2H2,3H3. The number of anilines is 1. The molecule has 0 atom stereocenters. The number of benzene rings is 1. The Bertz CT molecular complexity index is 956. The van der Waals surface area contributed by atoms with Crippen molar-refractivity contribution < 1.29 is 18.9 Å². The molecule has 0 bridgehead atoms. The second-order valence-corrected chi connectivity index (χ2v) is 5.42. The molecule has 146 valence electrons. The van der Waals surface area contributed by atoms with Gasteiger partial charge in [-0.05, 0) is 30.3 Å². The number of allylic oxidation sites excluding steroid dienone is 1. The summed E-state index contributed by atoms with van der Waals surface area (Å²) in [5, 5.41) is 0. The average Bonchev–Trinajstić information content (AvgIpc) is 2.74. The van der Waals surface area contributed by atoms with Crippen LogP contribution >= 0.6 is 0 Å². The fourth-order valence-corrected chi connectivity index (χ4v) is 2.13. The van der Waals surface area contributed by atoms with Crippen molar-refractivity contribution in [2.24, 2.45) is 0 Å². The van der Waals surface area contributed by atoms with Crippen LogP contribution in [0, 0.1) is 0 Å². The Hall–Kier alpha value is -3.74. The van der Waals surface area contributed by atoms with Crippen LogP contribution in [0.25, 0.3) is 11.0 Å². The highest BCUT2D eigenvalue weighted by Gasteiger charge is 2.12. The first-order valence-corrected chi connectivity index (χ1v) is 8.28. The van der Waals surface area contributed by atoms with Gasteiger partial charge in [0.05, 0.1) is 26.8 Å². The lowest BCUT2D eigenvalue weighted by Crippen LogP contribution is -1.96. The number of fused-ring (bicyclic) bond motifs is 1. The van der Waals surface area contributed by atoms with Crippen molar-refractivity contribution in [1.29, 1.82) is 0 Å². The largest absolute Gasteiger partial charge is 0.497 e. The first-order valence-electron chi connectivity index (χ1n) is 8.28. The van der Waals surface area contributed by atoms with Gasteiger partial charge >= 0.3 is 0 Å². The number of ether oxygens (including phenoxy) is 4. The first kappa shape index (κ1) is 20.6. The van der Waals surface area contributed by atoms with Gasteiger partial charge in [0, 0.05) is 24.0 Å². The van der Waals surface area contributed by atoms with Gasteiger partial charge < -0.3 is 24.7 Å². The van der Waals surface area contributed by atoms with E-state index < -0.39 is 0 Å². The maximum atomic E-state index is 5.87. The highest BCUT2D eigenvalue weighted by molar-refractivity contribution is 5.83. The fraction of sp³-hybridized carbons (Fsp3) is 0.143. The Kier molecular flexibility index (Phi) is 7.21. The Labute approximate surface area is 164 Å². The van der Waals surface area contributed by atoms with E-state index in [-0.39, 0.29) is 0 Å². The van der Waals surface area contributed by atoms with Gasteiger partial charge in [-0.25, -0.2) is 4.98 Å². The van der Waals surface area contributed by atoms with Crippen LogP contribution in [0.2, 0.25) is 0 Å². The van der Waals surface area contributed by atoms with Crippen molar-refractivity contribution in [3.8, 4) is 23.1 Å². The zero-order valence-electron chi connectivity index (χ0n) is 16.1. The number of nitrogens with zero attached hydrogens (tertiary/aromatic N) is 2. The zero-order chi connectivity index (χ0) is 20.5. The highest BCUT2D eigenvalue weighted by atomic mass is 16.5. The van der Waals surface area contributed by atoms with Crippen LogP contribution < -0.4 is 19.9 Å². The third-order valence-corrected chi connectivity index (χ3v) is 3.62. The van der Waals surface area contributed by atoms with Crippen LogP contribution in [0.3, 0.4) is 0 Å². The maximum Gasteiger partial charge on any atom is 0.257 e. The molecule has 0 saturated heterocycles. The predicted molar refractivity (Wildman–Crippen MR) is 110 cm³/mol. The molecule has 2 heterocycles. The van der Waals surface area contributed by atoms with Gasteiger partial charge in [-0.15, -0.1) is 0 Å². The number of methoxy groups -OCH3 is 3. The van der Waals surface area contributed by atoms with Crippen molar-refractivity contribution in [2.75, 3.05) is 27.1 Å². The molecule has 0 aliphatic heterocycles. The van der Waals surface area contributed by atoms with E-state index >= 15 is 0 Å². The van der Waals surface area contributed by atoms with Gasteiger partial charge in [-0.3, -0.25) is 4.98 Å². The molecule has 0 radical (unpaired) electrons. The van der Waals surface area contributed by atoms with E-state index in [0.717, 1.165) is 0 Å². The minimum Gasteiger partial charge on any atom is -0.497 e. The molecule has 3 rings (SSSR count). The Morgan fingerprint density at radius 3 is 2.29 bits per heavy atom. The molecule has 0 unspecified atom stereocenters. The minimum absolute atomic E-state index is 0.380.